The highest BCUT2D eigenvalue weighted by molar-refractivity contribution is 7.89. The summed E-state index contributed by atoms with van der Waals surface area (Å²) in [4.78, 5) is 12.1. The Hall–Kier alpha value is -2.32. The number of carbonyl (C=O) groups excluding carboxylic acids is 1. The largest absolute Gasteiger partial charge is 0.593 e. The van der Waals surface area contributed by atoms with Crippen LogP contribution < -0.4 is 5.48 Å². The van der Waals surface area contributed by atoms with E-state index in [9.17, 15) is 14.5 Å². The van der Waals surface area contributed by atoms with Gasteiger partial charge in [-0.05, 0) is 53.9 Å². The molecule has 130 valence electrons. The number of hydroxylamine groups is 1. The van der Waals surface area contributed by atoms with Crippen molar-refractivity contribution in [3.8, 4) is 16.9 Å². The predicted molar refractivity (Wildman–Crippen MR) is 94.2 cm³/mol. The minimum atomic E-state index is -1.31. The van der Waals surface area contributed by atoms with Crippen LogP contribution in [0, 0.1) is 0 Å². The van der Waals surface area contributed by atoms with Crippen molar-refractivity contribution in [3.63, 3.8) is 0 Å². The van der Waals surface area contributed by atoms with Gasteiger partial charge in [0.1, 0.15) is 5.75 Å². The molecule has 0 saturated carbocycles. The van der Waals surface area contributed by atoms with Crippen molar-refractivity contribution < 1.29 is 19.7 Å². The van der Waals surface area contributed by atoms with E-state index in [2.05, 4.69) is 0 Å². The quantitative estimate of drug-likeness (QED) is 0.442. The Kier molecular flexibility index (Phi) is 5.40. The zero-order chi connectivity index (χ0) is 17.8. The van der Waals surface area contributed by atoms with E-state index in [0.29, 0.717) is 30.0 Å². The standard InChI is InChI=1S/C18H18N2O4S/c21-16-5-1-13(2-6-16)14-3-7-17(8-4-14)25(24)20-11-9-15(10-12-20)18(22)19-23/h1-9,21,23H,10-12H2,(H,19,22). The Bertz CT molecular complexity index is 775. The first-order valence-electron chi connectivity index (χ1n) is 7.78. The third-order valence-corrected chi connectivity index (χ3v) is 5.53. The van der Waals surface area contributed by atoms with Crippen molar-refractivity contribution >= 4 is 17.3 Å². The molecule has 0 bridgehead atoms. The molecular formula is C18H18N2O4S. The van der Waals surface area contributed by atoms with E-state index < -0.39 is 17.3 Å². The number of carbonyl (C=O) groups is 1. The maximum absolute atomic E-state index is 12.7. The number of aromatic hydroxyl groups is 1. The summed E-state index contributed by atoms with van der Waals surface area (Å²) in [5.41, 5.74) is 4.06. The number of amides is 1. The first-order chi connectivity index (χ1) is 12.1. The SMILES string of the molecule is O=C(NO)C1=CCN([S+]([O-])c2ccc(-c3ccc(O)cc3)cc2)CC1. The third-order valence-electron chi connectivity index (χ3n) is 4.06. The average molecular weight is 358 g/mol. The van der Waals surface area contributed by atoms with Crippen LogP contribution >= 0.6 is 0 Å². The molecule has 0 radical (unpaired) electrons. The van der Waals surface area contributed by atoms with E-state index in [4.69, 9.17) is 5.21 Å². The van der Waals surface area contributed by atoms with Crippen LogP contribution in [-0.2, 0) is 16.2 Å². The lowest BCUT2D eigenvalue weighted by Crippen LogP contribution is -2.37. The Morgan fingerprint density at radius 2 is 1.68 bits per heavy atom. The molecule has 0 saturated heterocycles. The van der Waals surface area contributed by atoms with E-state index >= 15 is 0 Å². The van der Waals surface area contributed by atoms with Crippen LogP contribution in [0.15, 0.2) is 65.1 Å². The summed E-state index contributed by atoms with van der Waals surface area (Å²) in [5.74, 6) is -0.294. The van der Waals surface area contributed by atoms with Gasteiger partial charge < -0.3 is 9.66 Å². The first kappa shape index (κ1) is 17.5. The number of phenolic OH excluding ortho intramolecular Hbond substituents is 1. The monoisotopic (exact) mass is 358 g/mol. The number of phenols is 1. The fourth-order valence-corrected chi connectivity index (χ4v) is 3.78. The maximum atomic E-state index is 12.7. The van der Waals surface area contributed by atoms with Crippen LogP contribution in [0.25, 0.3) is 11.1 Å². The molecule has 0 aromatic heterocycles. The molecule has 7 heteroatoms. The van der Waals surface area contributed by atoms with E-state index in [1.54, 1.807) is 28.0 Å². The molecule has 3 N–H and O–H groups in total. The molecule has 0 spiro atoms. The Labute approximate surface area is 148 Å². The molecule has 1 aliphatic rings. The van der Waals surface area contributed by atoms with Gasteiger partial charge in [0.25, 0.3) is 5.91 Å². The molecule has 1 amide bonds. The summed E-state index contributed by atoms with van der Waals surface area (Å²) in [6.07, 6.45) is 2.11. The predicted octanol–water partition coefficient (Wildman–Crippen LogP) is 2.22. The normalized spacial score (nSPS) is 16.2. The lowest BCUT2D eigenvalue weighted by molar-refractivity contribution is -0.125. The number of nitrogens with zero attached hydrogens (tertiary/aromatic N) is 1. The fraction of sp³-hybridized carbons (Fsp3) is 0.167. The molecule has 1 aliphatic heterocycles. The lowest BCUT2D eigenvalue weighted by atomic mass is 10.1. The van der Waals surface area contributed by atoms with Crippen LogP contribution in [0.3, 0.4) is 0 Å². The van der Waals surface area contributed by atoms with Crippen molar-refractivity contribution in [1.82, 2.24) is 9.79 Å². The van der Waals surface area contributed by atoms with Crippen LogP contribution in [0.5, 0.6) is 5.75 Å². The van der Waals surface area contributed by atoms with Crippen molar-refractivity contribution in [1.29, 1.82) is 0 Å². The Balaban J connectivity index is 1.69. The molecule has 2 aromatic rings. The molecular weight excluding hydrogens is 340 g/mol. The Morgan fingerprint density at radius 1 is 1.08 bits per heavy atom. The number of nitrogens with one attached hydrogen (secondary N) is 1. The van der Waals surface area contributed by atoms with Gasteiger partial charge in [0.2, 0.25) is 0 Å². The summed E-state index contributed by atoms with van der Waals surface area (Å²) < 4.78 is 14.4. The maximum Gasteiger partial charge on any atom is 0.270 e. The van der Waals surface area contributed by atoms with E-state index in [1.807, 2.05) is 36.4 Å². The van der Waals surface area contributed by atoms with Gasteiger partial charge in [-0.1, -0.05) is 18.2 Å². The summed E-state index contributed by atoms with van der Waals surface area (Å²) >= 11 is -1.31. The average Bonchev–Trinajstić information content (AvgIpc) is 2.67. The minimum Gasteiger partial charge on any atom is -0.593 e. The smallest absolute Gasteiger partial charge is 0.270 e. The second-order valence-electron chi connectivity index (χ2n) is 5.63. The minimum absolute atomic E-state index is 0.217. The molecule has 0 aliphatic carbocycles. The molecule has 1 unspecified atom stereocenters. The number of hydrogen-bond donors (Lipinski definition) is 3. The highest BCUT2D eigenvalue weighted by atomic mass is 32.2. The van der Waals surface area contributed by atoms with E-state index in [1.165, 1.54) is 0 Å². The fourth-order valence-electron chi connectivity index (χ4n) is 2.65. The molecule has 3 rings (SSSR count). The van der Waals surface area contributed by atoms with E-state index in [-0.39, 0.29) is 5.75 Å². The number of benzene rings is 2. The summed E-state index contributed by atoms with van der Waals surface area (Å²) in [6, 6.07) is 14.3. The topological polar surface area (TPSA) is 95.9 Å². The van der Waals surface area contributed by atoms with Gasteiger partial charge in [-0.2, -0.15) is 0 Å². The number of hydrogen-bond acceptors (Lipinski definition) is 5. The lowest BCUT2D eigenvalue weighted by Gasteiger charge is -2.26. The molecule has 25 heavy (non-hydrogen) atoms. The first-order valence-corrected chi connectivity index (χ1v) is 8.89. The van der Waals surface area contributed by atoms with Crippen LogP contribution in [0.2, 0.25) is 0 Å². The van der Waals surface area contributed by atoms with Crippen LogP contribution in [0.1, 0.15) is 6.42 Å². The second-order valence-corrected chi connectivity index (χ2v) is 7.11. The van der Waals surface area contributed by atoms with Gasteiger partial charge in [-0.15, -0.1) is 4.31 Å². The summed E-state index contributed by atoms with van der Waals surface area (Å²) in [7, 11) is 0. The highest BCUT2D eigenvalue weighted by Gasteiger charge is 2.26. The second kappa shape index (κ2) is 7.71. The van der Waals surface area contributed by atoms with Gasteiger partial charge in [-0.25, -0.2) is 5.48 Å². The summed E-state index contributed by atoms with van der Waals surface area (Å²) in [5, 5.41) is 18.0. The van der Waals surface area contributed by atoms with Crippen molar-refractivity contribution in [2.75, 3.05) is 13.1 Å². The van der Waals surface area contributed by atoms with Crippen molar-refractivity contribution in [2.45, 2.75) is 11.3 Å². The highest BCUT2D eigenvalue weighted by Crippen LogP contribution is 2.25. The van der Waals surface area contributed by atoms with Gasteiger partial charge in [0, 0.05) is 12.1 Å². The molecule has 1 atom stereocenters. The summed E-state index contributed by atoms with van der Waals surface area (Å²) in [6.45, 7) is 0.862. The molecule has 2 aromatic carbocycles. The number of rotatable bonds is 4. The van der Waals surface area contributed by atoms with Crippen molar-refractivity contribution in [3.05, 3.63) is 60.2 Å². The van der Waals surface area contributed by atoms with Gasteiger partial charge in [-0.3, -0.25) is 10.0 Å². The Morgan fingerprint density at radius 3 is 2.20 bits per heavy atom. The molecule has 0 fully saturated rings. The van der Waals surface area contributed by atoms with Gasteiger partial charge in [0.05, 0.1) is 17.9 Å². The molecule has 1 heterocycles. The van der Waals surface area contributed by atoms with E-state index in [0.717, 1.165) is 11.1 Å². The zero-order valence-electron chi connectivity index (χ0n) is 13.4. The van der Waals surface area contributed by atoms with Gasteiger partial charge >= 0.3 is 0 Å². The zero-order valence-corrected chi connectivity index (χ0v) is 14.2. The third kappa shape index (κ3) is 4.02. The molecule has 6 nitrogen and oxygen atoms in total. The van der Waals surface area contributed by atoms with Crippen LogP contribution in [0.4, 0.5) is 0 Å². The van der Waals surface area contributed by atoms with Crippen LogP contribution in [-0.4, -0.2) is 38.2 Å². The van der Waals surface area contributed by atoms with Crippen molar-refractivity contribution in [2.24, 2.45) is 0 Å². The van der Waals surface area contributed by atoms with Gasteiger partial charge in [0.15, 0.2) is 4.90 Å².